The molecule has 0 aliphatic carbocycles. The number of alkyl carbamates (subject to hydrolysis) is 1. The molecule has 0 bridgehead atoms. The van der Waals surface area contributed by atoms with Crippen LogP contribution in [0.25, 0.3) is 0 Å². The third kappa shape index (κ3) is 5.65. The van der Waals surface area contributed by atoms with E-state index in [1.54, 1.807) is 25.1 Å². The Morgan fingerprint density at radius 1 is 1.35 bits per heavy atom. The van der Waals surface area contributed by atoms with Gasteiger partial charge in [-0.1, -0.05) is 13.8 Å². The first-order valence-corrected chi connectivity index (χ1v) is 8.67. The van der Waals surface area contributed by atoms with Crippen molar-refractivity contribution >= 4 is 23.6 Å². The van der Waals surface area contributed by atoms with Gasteiger partial charge < -0.3 is 25.4 Å². The molecular weight excluding hydrogens is 338 g/mol. The van der Waals surface area contributed by atoms with E-state index in [1.807, 2.05) is 13.8 Å². The maximum absolute atomic E-state index is 12.4. The lowest BCUT2D eigenvalue weighted by Crippen LogP contribution is -2.44. The molecule has 3 amide bonds. The second kappa shape index (κ2) is 9.07. The fraction of sp³-hybridized carbons (Fsp3) is 0.500. The van der Waals surface area contributed by atoms with Gasteiger partial charge in [0.2, 0.25) is 0 Å². The number of hydrogen-bond acceptors (Lipinski definition) is 5. The van der Waals surface area contributed by atoms with E-state index in [0.717, 1.165) is 0 Å². The third-order valence-corrected chi connectivity index (χ3v) is 3.74. The van der Waals surface area contributed by atoms with E-state index in [0.29, 0.717) is 29.3 Å². The number of ether oxygens (including phenoxy) is 2. The Morgan fingerprint density at radius 3 is 2.81 bits per heavy atom. The van der Waals surface area contributed by atoms with Crippen LogP contribution >= 0.6 is 0 Å². The minimum absolute atomic E-state index is 0.0714. The predicted octanol–water partition coefficient (Wildman–Crippen LogP) is 1.91. The van der Waals surface area contributed by atoms with E-state index in [1.165, 1.54) is 0 Å². The number of hydrogen-bond donors (Lipinski definition) is 3. The van der Waals surface area contributed by atoms with Gasteiger partial charge >= 0.3 is 6.09 Å². The molecule has 142 valence electrons. The summed E-state index contributed by atoms with van der Waals surface area (Å²) in [7, 11) is 0. The highest BCUT2D eigenvalue weighted by Gasteiger charge is 2.19. The first-order valence-electron chi connectivity index (χ1n) is 8.67. The van der Waals surface area contributed by atoms with E-state index >= 15 is 0 Å². The van der Waals surface area contributed by atoms with Crippen LogP contribution in [0.2, 0.25) is 0 Å². The third-order valence-electron chi connectivity index (χ3n) is 3.74. The largest absolute Gasteiger partial charge is 0.482 e. The molecule has 0 saturated heterocycles. The highest BCUT2D eigenvalue weighted by molar-refractivity contribution is 5.99. The molecule has 1 aromatic rings. The lowest BCUT2D eigenvalue weighted by atomic mass is 10.0. The predicted molar refractivity (Wildman–Crippen MR) is 96.3 cm³/mol. The molecular formula is C18H25N3O5. The van der Waals surface area contributed by atoms with E-state index in [2.05, 4.69) is 16.0 Å². The second-order valence-electron chi connectivity index (χ2n) is 6.45. The van der Waals surface area contributed by atoms with Crippen LogP contribution in [0.4, 0.5) is 10.5 Å². The minimum atomic E-state index is -0.495. The Bertz CT molecular complexity index is 675. The molecule has 0 spiro atoms. The molecule has 8 nitrogen and oxygen atoms in total. The number of nitrogens with one attached hydrogen (secondary N) is 3. The Morgan fingerprint density at radius 2 is 2.12 bits per heavy atom. The lowest BCUT2D eigenvalue weighted by molar-refractivity contribution is -0.118. The van der Waals surface area contributed by atoms with E-state index in [4.69, 9.17) is 9.47 Å². The van der Waals surface area contributed by atoms with Crippen LogP contribution in [0.5, 0.6) is 5.75 Å². The lowest BCUT2D eigenvalue weighted by Gasteiger charge is -2.21. The van der Waals surface area contributed by atoms with Crippen molar-refractivity contribution in [2.24, 2.45) is 5.92 Å². The van der Waals surface area contributed by atoms with E-state index in [-0.39, 0.29) is 37.6 Å². The molecule has 0 fully saturated rings. The smallest absolute Gasteiger partial charge is 0.407 e. The summed E-state index contributed by atoms with van der Waals surface area (Å²) in [6.07, 6.45) is 0.212. The van der Waals surface area contributed by atoms with Gasteiger partial charge in [0.25, 0.3) is 11.8 Å². The first-order chi connectivity index (χ1) is 12.4. The minimum Gasteiger partial charge on any atom is -0.482 e. The fourth-order valence-corrected chi connectivity index (χ4v) is 2.64. The average molecular weight is 363 g/mol. The van der Waals surface area contributed by atoms with Crippen LogP contribution in [0, 0.1) is 5.92 Å². The molecule has 1 heterocycles. The molecule has 1 aliphatic rings. The molecule has 2 rings (SSSR count). The summed E-state index contributed by atoms with van der Waals surface area (Å²) in [4.78, 5) is 35.3. The molecule has 8 heteroatoms. The van der Waals surface area contributed by atoms with Crippen molar-refractivity contribution in [2.75, 3.05) is 25.1 Å². The summed E-state index contributed by atoms with van der Waals surface area (Å²) < 4.78 is 10.2. The van der Waals surface area contributed by atoms with Gasteiger partial charge in [-0.25, -0.2) is 4.79 Å². The van der Waals surface area contributed by atoms with Crippen molar-refractivity contribution in [1.29, 1.82) is 0 Å². The summed E-state index contributed by atoms with van der Waals surface area (Å²) in [6, 6.07) is 4.59. The first kappa shape index (κ1) is 19.6. The maximum atomic E-state index is 12.4. The summed E-state index contributed by atoms with van der Waals surface area (Å²) in [5.74, 6) is 0.296. The van der Waals surface area contributed by atoms with Crippen LogP contribution in [-0.2, 0) is 9.53 Å². The number of rotatable bonds is 7. The molecule has 1 atom stereocenters. The normalized spacial score (nSPS) is 13.9. The molecule has 26 heavy (non-hydrogen) atoms. The highest BCUT2D eigenvalue weighted by Crippen LogP contribution is 2.28. The molecule has 1 aromatic carbocycles. The van der Waals surface area contributed by atoms with Crippen molar-refractivity contribution < 1.29 is 23.9 Å². The van der Waals surface area contributed by atoms with Crippen molar-refractivity contribution in [3.05, 3.63) is 23.8 Å². The van der Waals surface area contributed by atoms with Gasteiger partial charge in [-0.3, -0.25) is 9.59 Å². The van der Waals surface area contributed by atoms with Gasteiger partial charge in [-0.2, -0.15) is 0 Å². The van der Waals surface area contributed by atoms with Gasteiger partial charge in [0.05, 0.1) is 12.3 Å². The molecule has 0 saturated carbocycles. The quantitative estimate of drug-likeness (QED) is 0.686. The van der Waals surface area contributed by atoms with Crippen molar-refractivity contribution in [3.63, 3.8) is 0 Å². The highest BCUT2D eigenvalue weighted by atomic mass is 16.5. The number of fused-ring (bicyclic) bond motifs is 1. The Labute approximate surface area is 152 Å². The molecule has 0 radical (unpaired) electrons. The monoisotopic (exact) mass is 363 g/mol. The van der Waals surface area contributed by atoms with Gasteiger partial charge in [0.15, 0.2) is 6.61 Å². The zero-order valence-corrected chi connectivity index (χ0v) is 15.3. The Kier molecular flexibility index (Phi) is 6.82. The molecule has 0 aromatic heterocycles. The topological polar surface area (TPSA) is 106 Å². The Hall–Kier alpha value is -2.77. The summed E-state index contributed by atoms with van der Waals surface area (Å²) in [5, 5.41) is 8.25. The molecule has 1 aliphatic heterocycles. The zero-order chi connectivity index (χ0) is 19.1. The fourth-order valence-electron chi connectivity index (χ4n) is 2.64. The SMILES string of the molecule is CCOC(=O)NC(CNC(=O)c1ccc2c(c1)OCC(=O)N2)CC(C)C. The van der Waals surface area contributed by atoms with Gasteiger partial charge in [0.1, 0.15) is 5.75 Å². The van der Waals surface area contributed by atoms with Crippen LogP contribution in [-0.4, -0.2) is 43.7 Å². The number of anilines is 1. The Balaban J connectivity index is 1.96. The van der Waals surface area contributed by atoms with Gasteiger partial charge in [-0.15, -0.1) is 0 Å². The number of amides is 3. The van der Waals surface area contributed by atoms with Crippen LogP contribution in [0.1, 0.15) is 37.6 Å². The van der Waals surface area contributed by atoms with Crippen LogP contribution in [0.15, 0.2) is 18.2 Å². The van der Waals surface area contributed by atoms with Crippen LogP contribution in [0.3, 0.4) is 0 Å². The number of carbonyl (C=O) groups is 3. The van der Waals surface area contributed by atoms with Crippen molar-refractivity contribution in [2.45, 2.75) is 33.2 Å². The second-order valence-corrected chi connectivity index (χ2v) is 6.45. The number of carbonyl (C=O) groups excluding carboxylic acids is 3. The van der Waals surface area contributed by atoms with Crippen LogP contribution < -0.4 is 20.7 Å². The average Bonchev–Trinajstić information content (AvgIpc) is 2.58. The summed E-state index contributed by atoms with van der Waals surface area (Å²) in [6.45, 7) is 6.31. The maximum Gasteiger partial charge on any atom is 0.407 e. The van der Waals surface area contributed by atoms with E-state index < -0.39 is 6.09 Å². The molecule has 3 N–H and O–H groups in total. The summed E-state index contributed by atoms with van der Waals surface area (Å²) in [5.41, 5.74) is 0.957. The van der Waals surface area contributed by atoms with Gasteiger partial charge in [0, 0.05) is 18.2 Å². The van der Waals surface area contributed by atoms with Crippen molar-refractivity contribution in [3.8, 4) is 5.75 Å². The molecule has 1 unspecified atom stereocenters. The van der Waals surface area contributed by atoms with Crippen molar-refractivity contribution in [1.82, 2.24) is 10.6 Å². The van der Waals surface area contributed by atoms with E-state index in [9.17, 15) is 14.4 Å². The zero-order valence-electron chi connectivity index (χ0n) is 15.3. The number of benzene rings is 1. The standard InChI is InChI=1S/C18H25N3O5/c1-4-25-18(24)20-13(7-11(2)3)9-19-17(23)12-5-6-14-15(8-12)26-10-16(22)21-14/h5-6,8,11,13H,4,7,9-10H2,1-3H3,(H,19,23)(H,20,24)(H,21,22). The summed E-state index contributed by atoms with van der Waals surface area (Å²) >= 11 is 0. The van der Waals surface area contributed by atoms with Gasteiger partial charge in [-0.05, 0) is 37.5 Å².